The lowest BCUT2D eigenvalue weighted by Gasteiger charge is -2.18. The molecule has 0 unspecified atom stereocenters. The fourth-order valence-electron chi connectivity index (χ4n) is 1.68. The van der Waals surface area contributed by atoms with Crippen molar-refractivity contribution >= 4 is 11.5 Å². The number of anilines is 1. The molecule has 0 aliphatic carbocycles. The lowest BCUT2D eigenvalue weighted by molar-refractivity contribution is 0.480. The van der Waals surface area contributed by atoms with Crippen molar-refractivity contribution in [2.45, 2.75) is 39.8 Å². The van der Waals surface area contributed by atoms with Crippen LogP contribution in [0.15, 0.2) is 14.8 Å². The number of hydrogen-bond donors (Lipinski definition) is 1. The number of nitrogens with zero attached hydrogens (tertiary/aromatic N) is 3. The third kappa shape index (κ3) is 2.00. The molecule has 0 fully saturated rings. The van der Waals surface area contributed by atoms with Crippen LogP contribution in [0, 0.1) is 4.91 Å². The lowest BCUT2D eigenvalue weighted by atomic mass is 10.3. The van der Waals surface area contributed by atoms with E-state index in [1.54, 1.807) is 27.7 Å². The molecule has 0 amide bonds. The van der Waals surface area contributed by atoms with Crippen molar-refractivity contribution < 1.29 is 0 Å². The third-order valence-electron chi connectivity index (χ3n) is 2.46. The number of nitrogen functional groups attached to an aromatic ring is 1. The Morgan fingerprint density at radius 3 is 1.88 bits per heavy atom. The zero-order chi connectivity index (χ0) is 13.3. The quantitative estimate of drug-likeness (QED) is 0.801. The summed E-state index contributed by atoms with van der Waals surface area (Å²) in [5.41, 5.74) is 3.95. The maximum absolute atomic E-state index is 12.1. The molecule has 1 aromatic heterocycles. The van der Waals surface area contributed by atoms with Crippen molar-refractivity contribution in [3.8, 4) is 0 Å². The molecular weight excluding hydrogens is 224 g/mol. The van der Waals surface area contributed by atoms with E-state index in [9.17, 15) is 14.5 Å². The predicted octanol–water partition coefficient (Wildman–Crippen LogP) is 1.15. The first kappa shape index (κ1) is 13.1. The van der Waals surface area contributed by atoms with E-state index >= 15 is 0 Å². The van der Waals surface area contributed by atoms with E-state index in [-0.39, 0.29) is 17.9 Å². The van der Waals surface area contributed by atoms with Gasteiger partial charge in [0.05, 0.1) is 0 Å². The summed E-state index contributed by atoms with van der Waals surface area (Å²) in [5.74, 6) is -0.179. The molecule has 0 spiro atoms. The summed E-state index contributed by atoms with van der Waals surface area (Å²) in [5, 5.41) is 2.63. The zero-order valence-electron chi connectivity index (χ0n) is 10.3. The molecule has 2 N–H and O–H groups in total. The molecule has 0 bridgehead atoms. The predicted molar refractivity (Wildman–Crippen MR) is 65.6 cm³/mol. The SMILES string of the molecule is CC(C)n1c(N)c(N=O)c(=O)n(C(C)C)c1=O. The van der Waals surface area contributed by atoms with Gasteiger partial charge in [-0.15, -0.1) is 4.91 Å². The van der Waals surface area contributed by atoms with Crippen LogP contribution in [0.25, 0.3) is 0 Å². The maximum Gasteiger partial charge on any atom is 0.333 e. The van der Waals surface area contributed by atoms with Gasteiger partial charge in [0.2, 0.25) is 5.69 Å². The average Bonchev–Trinajstić information content (AvgIpc) is 2.16. The van der Waals surface area contributed by atoms with Gasteiger partial charge in [-0.3, -0.25) is 13.9 Å². The summed E-state index contributed by atoms with van der Waals surface area (Å²) in [6.07, 6.45) is 0. The Morgan fingerprint density at radius 1 is 1.06 bits per heavy atom. The first-order chi connectivity index (χ1) is 7.82. The van der Waals surface area contributed by atoms with E-state index in [0.717, 1.165) is 4.57 Å². The second-order valence-corrected chi connectivity index (χ2v) is 4.34. The highest BCUT2D eigenvalue weighted by Gasteiger charge is 2.20. The van der Waals surface area contributed by atoms with Crippen LogP contribution in [0.2, 0.25) is 0 Å². The van der Waals surface area contributed by atoms with Gasteiger partial charge in [0.25, 0.3) is 5.56 Å². The summed E-state index contributed by atoms with van der Waals surface area (Å²) >= 11 is 0. The minimum Gasteiger partial charge on any atom is -0.383 e. The number of rotatable bonds is 3. The molecule has 7 nitrogen and oxygen atoms in total. The highest BCUT2D eigenvalue weighted by Crippen LogP contribution is 2.18. The van der Waals surface area contributed by atoms with Crippen LogP contribution in [-0.2, 0) is 0 Å². The Hall–Kier alpha value is -1.92. The van der Waals surface area contributed by atoms with Crippen LogP contribution in [0.1, 0.15) is 39.8 Å². The van der Waals surface area contributed by atoms with Gasteiger partial charge in [-0.25, -0.2) is 4.79 Å². The van der Waals surface area contributed by atoms with E-state index in [2.05, 4.69) is 5.18 Å². The first-order valence-corrected chi connectivity index (χ1v) is 5.32. The third-order valence-corrected chi connectivity index (χ3v) is 2.46. The molecule has 94 valence electrons. The number of nitrogens with two attached hydrogens (primary N) is 1. The highest BCUT2D eigenvalue weighted by atomic mass is 16.3. The van der Waals surface area contributed by atoms with Crippen molar-refractivity contribution in [2.75, 3.05) is 5.73 Å². The van der Waals surface area contributed by atoms with Crippen molar-refractivity contribution in [3.05, 3.63) is 25.7 Å². The highest BCUT2D eigenvalue weighted by molar-refractivity contribution is 5.56. The lowest BCUT2D eigenvalue weighted by Crippen LogP contribution is -2.42. The van der Waals surface area contributed by atoms with Crippen LogP contribution in [0.5, 0.6) is 0 Å². The molecule has 7 heteroatoms. The monoisotopic (exact) mass is 240 g/mol. The van der Waals surface area contributed by atoms with Crippen LogP contribution >= 0.6 is 0 Å². The average molecular weight is 240 g/mol. The molecule has 0 aromatic carbocycles. The normalized spacial score (nSPS) is 11.2. The molecule has 1 rings (SSSR count). The summed E-state index contributed by atoms with van der Waals surface area (Å²) < 4.78 is 2.17. The molecule has 1 aromatic rings. The van der Waals surface area contributed by atoms with Gasteiger partial charge >= 0.3 is 5.69 Å². The zero-order valence-corrected chi connectivity index (χ0v) is 10.3. The van der Waals surface area contributed by atoms with Gasteiger partial charge in [0, 0.05) is 12.1 Å². The number of aromatic nitrogens is 2. The van der Waals surface area contributed by atoms with Gasteiger partial charge in [-0.1, -0.05) is 0 Å². The fraction of sp³-hybridized carbons (Fsp3) is 0.600. The second kappa shape index (κ2) is 4.52. The van der Waals surface area contributed by atoms with Crippen molar-refractivity contribution in [1.82, 2.24) is 9.13 Å². The van der Waals surface area contributed by atoms with Gasteiger partial charge in [-0.2, -0.15) is 0 Å². The Balaban J connectivity index is 3.90. The Kier molecular flexibility index (Phi) is 3.50. The molecule has 0 aliphatic heterocycles. The Bertz CT molecular complexity index is 554. The van der Waals surface area contributed by atoms with Gasteiger partial charge in [-0.05, 0) is 32.9 Å². The molecule has 0 saturated heterocycles. The van der Waals surface area contributed by atoms with E-state index in [1.165, 1.54) is 4.57 Å². The molecule has 17 heavy (non-hydrogen) atoms. The molecule has 0 atom stereocenters. The Morgan fingerprint density at radius 2 is 1.53 bits per heavy atom. The van der Waals surface area contributed by atoms with E-state index in [4.69, 9.17) is 5.73 Å². The van der Waals surface area contributed by atoms with E-state index < -0.39 is 16.9 Å². The smallest absolute Gasteiger partial charge is 0.333 e. The largest absolute Gasteiger partial charge is 0.383 e. The van der Waals surface area contributed by atoms with Crippen molar-refractivity contribution in [2.24, 2.45) is 5.18 Å². The molecule has 1 heterocycles. The fourth-order valence-corrected chi connectivity index (χ4v) is 1.68. The minimum absolute atomic E-state index is 0.179. The topological polar surface area (TPSA) is 99.4 Å². The number of hydrogen-bond acceptors (Lipinski definition) is 5. The van der Waals surface area contributed by atoms with Crippen molar-refractivity contribution in [3.63, 3.8) is 0 Å². The molecule has 0 aliphatic rings. The first-order valence-electron chi connectivity index (χ1n) is 5.32. The van der Waals surface area contributed by atoms with E-state index in [0.29, 0.717) is 0 Å². The Labute approximate surface area is 97.8 Å². The minimum atomic E-state index is -0.741. The summed E-state index contributed by atoms with van der Waals surface area (Å²) in [6.45, 7) is 6.83. The summed E-state index contributed by atoms with van der Waals surface area (Å²) in [6, 6.07) is -0.616. The van der Waals surface area contributed by atoms with Crippen LogP contribution in [0.3, 0.4) is 0 Å². The molecule has 0 radical (unpaired) electrons. The summed E-state index contributed by atoms with van der Waals surface area (Å²) in [4.78, 5) is 34.5. The van der Waals surface area contributed by atoms with Crippen molar-refractivity contribution in [1.29, 1.82) is 0 Å². The van der Waals surface area contributed by atoms with Gasteiger partial charge < -0.3 is 5.73 Å². The molecule has 0 saturated carbocycles. The van der Waals surface area contributed by atoms with Gasteiger partial charge in [0.15, 0.2) is 0 Å². The van der Waals surface area contributed by atoms with Gasteiger partial charge in [0.1, 0.15) is 5.82 Å². The summed E-state index contributed by atoms with van der Waals surface area (Å²) in [7, 11) is 0. The van der Waals surface area contributed by atoms with Crippen LogP contribution in [0.4, 0.5) is 11.5 Å². The molecular formula is C10H16N4O3. The standard InChI is InChI=1S/C10H16N4O3/c1-5(2)13-8(11)7(12-17)9(15)14(6(3)4)10(13)16/h5-6H,11H2,1-4H3. The van der Waals surface area contributed by atoms with E-state index in [1.807, 2.05) is 0 Å². The van der Waals surface area contributed by atoms with Crippen LogP contribution < -0.4 is 17.0 Å². The second-order valence-electron chi connectivity index (χ2n) is 4.34. The maximum atomic E-state index is 12.1. The van der Waals surface area contributed by atoms with Crippen LogP contribution in [-0.4, -0.2) is 9.13 Å². The number of nitroso groups, excluding NO2 is 1.